The lowest BCUT2D eigenvalue weighted by molar-refractivity contribution is -0.178. The molecule has 6 aromatic rings. The van der Waals surface area contributed by atoms with Gasteiger partial charge in [0.25, 0.3) is 0 Å². The summed E-state index contributed by atoms with van der Waals surface area (Å²) in [5.41, 5.74) is 4.98. The summed E-state index contributed by atoms with van der Waals surface area (Å²) in [7, 11) is 0. The Balaban J connectivity index is 1.21. The number of hydrogen-bond donors (Lipinski definition) is 4. The van der Waals surface area contributed by atoms with E-state index < -0.39 is 53.3 Å². The maximum Gasteiger partial charge on any atom is 0.324 e. The van der Waals surface area contributed by atoms with Crippen LogP contribution in [0.15, 0.2) is 139 Å². The molecule has 310 valence electrons. The smallest absolute Gasteiger partial charge is 0.324 e. The Bertz CT molecular complexity index is 2740. The van der Waals surface area contributed by atoms with E-state index in [9.17, 15) is 5.11 Å². The Hall–Kier alpha value is -7.00. The van der Waals surface area contributed by atoms with Gasteiger partial charge in [-0.2, -0.15) is 0 Å². The van der Waals surface area contributed by atoms with Crippen molar-refractivity contribution < 1.29 is 29.0 Å². The topological polar surface area (TPSA) is 146 Å². The number of carbonyl (C=O) groups excluding carboxylic acids is 3. The SMILES string of the molecule is O=C1O[C@@H](c2ccccc2)[C@@H](c2ccccc2)N2[C@@H](c3cccc(OCCO)c3)[C@]3(C(=O)Nc4ccc(C#CC5=CCCCC5)cc43)[C@@H](C(=O)NCc3nc4ccccc4[nH]3)[C@H]12. The number of aliphatic hydroxyl groups excluding tert-OH is 1. The Kier molecular flexibility index (Phi) is 10.4. The Morgan fingerprint density at radius 2 is 1.65 bits per heavy atom. The Morgan fingerprint density at radius 3 is 2.42 bits per heavy atom. The summed E-state index contributed by atoms with van der Waals surface area (Å²) in [4.78, 5) is 56.3. The summed E-state index contributed by atoms with van der Waals surface area (Å²) in [6, 6.07) is 37.2. The van der Waals surface area contributed by atoms with Gasteiger partial charge in [0, 0.05) is 11.3 Å². The van der Waals surface area contributed by atoms with Crippen LogP contribution in [0.2, 0.25) is 0 Å². The molecular formula is C51H45N5O6. The molecule has 4 heterocycles. The molecule has 0 unspecified atom stereocenters. The van der Waals surface area contributed by atoms with Crippen LogP contribution < -0.4 is 15.4 Å². The molecule has 11 heteroatoms. The lowest BCUT2D eigenvalue weighted by atomic mass is 9.65. The van der Waals surface area contributed by atoms with Crippen molar-refractivity contribution in [3.05, 3.63) is 173 Å². The van der Waals surface area contributed by atoms with Crippen molar-refractivity contribution in [2.45, 2.75) is 61.9 Å². The number of amides is 2. The molecule has 0 saturated carbocycles. The molecule has 3 aliphatic heterocycles. The fourth-order valence-electron chi connectivity index (χ4n) is 10.1. The maximum absolute atomic E-state index is 15.6. The van der Waals surface area contributed by atoms with E-state index >= 15 is 14.4 Å². The van der Waals surface area contributed by atoms with Crippen molar-refractivity contribution in [1.29, 1.82) is 0 Å². The number of nitrogens with one attached hydrogen (secondary N) is 3. The number of morpholine rings is 1. The number of cyclic esters (lactones) is 1. The van der Waals surface area contributed by atoms with E-state index in [0.29, 0.717) is 34.0 Å². The van der Waals surface area contributed by atoms with E-state index in [1.54, 1.807) is 6.07 Å². The summed E-state index contributed by atoms with van der Waals surface area (Å²) < 4.78 is 12.5. The number of H-pyrrole nitrogens is 1. The first-order chi connectivity index (χ1) is 30.4. The second kappa shape index (κ2) is 16.5. The average Bonchev–Trinajstić information content (AvgIpc) is 3.97. The number of aromatic nitrogens is 2. The number of rotatable bonds is 9. The zero-order valence-electron chi connectivity index (χ0n) is 33.9. The number of carbonyl (C=O) groups is 3. The lowest BCUT2D eigenvalue weighted by Gasteiger charge is -2.46. The molecule has 1 aliphatic carbocycles. The van der Waals surface area contributed by atoms with Gasteiger partial charge in [0.1, 0.15) is 35.7 Å². The van der Waals surface area contributed by atoms with Gasteiger partial charge in [-0.25, -0.2) is 4.98 Å². The first-order valence-electron chi connectivity index (χ1n) is 21.2. The molecule has 62 heavy (non-hydrogen) atoms. The van der Waals surface area contributed by atoms with Crippen LogP contribution in [0.3, 0.4) is 0 Å². The largest absolute Gasteiger partial charge is 0.491 e. The number of allylic oxidation sites excluding steroid dienone is 2. The van der Waals surface area contributed by atoms with Crippen LogP contribution in [0.25, 0.3) is 11.0 Å². The number of nitrogens with zero attached hydrogens (tertiary/aromatic N) is 2. The molecule has 6 atom stereocenters. The molecule has 0 radical (unpaired) electrons. The predicted octanol–water partition coefficient (Wildman–Crippen LogP) is 7.37. The number of esters is 1. The van der Waals surface area contributed by atoms with Crippen LogP contribution in [-0.4, -0.2) is 57.0 Å². The summed E-state index contributed by atoms with van der Waals surface area (Å²) in [5, 5.41) is 16.0. The van der Waals surface area contributed by atoms with E-state index in [4.69, 9.17) is 14.5 Å². The number of anilines is 1. The van der Waals surface area contributed by atoms with Crippen molar-refractivity contribution >= 4 is 34.5 Å². The Morgan fingerprint density at radius 1 is 0.871 bits per heavy atom. The third kappa shape index (κ3) is 6.82. The summed E-state index contributed by atoms with van der Waals surface area (Å²) in [5.74, 6) is 4.88. The van der Waals surface area contributed by atoms with Gasteiger partial charge in [0.15, 0.2) is 0 Å². The number of aromatic amines is 1. The molecular weight excluding hydrogens is 779 g/mol. The van der Waals surface area contributed by atoms with Gasteiger partial charge in [0.05, 0.1) is 42.2 Å². The van der Waals surface area contributed by atoms with E-state index in [1.807, 2.05) is 121 Å². The number of ether oxygens (including phenoxy) is 2. The second-order valence-electron chi connectivity index (χ2n) is 16.3. The molecule has 4 N–H and O–H groups in total. The second-order valence-corrected chi connectivity index (χ2v) is 16.3. The van der Waals surface area contributed by atoms with Gasteiger partial charge in [-0.3, -0.25) is 19.3 Å². The lowest BCUT2D eigenvalue weighted by Crippen LogP contribution is -2.54. The highest BCUT2D eigenvalue weighted by molar-refractivity contribution is 6.12. The van der Waals surface area contributed by atoms with Crippen LogP contribution in [0.5, 0.6) is 5.75 Å². The van der Waals surface area contributed by atoms with E-state index in [1.165, 1.54) is 0 Å². The van der Waals surface area contributed by atoms with Crippen LogP contribution in [0.4, 0.5) is 5.69 Å². The fourth-order valence-corrected chi connectivity index (χ4v) is 10.1. The highest BCUT2D eigenvalue weighted by Gasteiger charge is 2.74. The van der Waals surface area contributed by atoms with E-state index in [0.717, 1.165) is 53.4 Å². The number of para-hydroxylation sites is 2. The first kappa shape index (κ1) is 39.2. The van der Waals surface area contributed by atoms with E-state index in [-0.39, 0.29) is 19.8 Å². The summed E-state index contributed by atoms with van der Waals surface area (Å²) in [6.07, 6.45) is 5.51. The zero-order chi connectivity index (χ0) is 42.2. The quantitative estimate of drug-likeness (QED) is 0.0874. The minimum Gasteiger partial charge on any atom is -0.491 e. The highest BCUT2D eigenvalue weighted by Crippen LogP contribution is 2.65. The van der Waals surface area contributed by atoms with Gasteiger partial charge in [-0.15, -0.1) is 0 Å². The average molecular weight is 824 g/mol. The number of imidazole rings is 1. The summed E-state index contributed by atoms with van der Waals surface area (Å²) >= 11 is 0. The maximum atomic E-state index is 15.6. The van der Waals surface area contributed by atoms with Crippen molar-refractivity contribution in [1.82, 2.24) is 20.2 Å². The van der Waals surface area contributed by atoms with Crippen LogP contribution in [0.1, 0.15) is 77.5 Å². The monoisotopic (exact) mass is 823 g/mol. The number of fused-ring (bicyclic) bond motifs is 4. The van der Waals surface area contributed by atoms with Gasteiger partial charge in [-0.1, -0.05) is 103 Å². The van der Waals surface area contributed by atoms with Gasteiger partial charge in [-0.05, 0) is 96.0 Å². The van der Waals surface area contributed by atoms with E-state index in [2.05, 4.69) is 38.4 Å². The molecule has 5 aromatic carbocycles. The zero-order valence-corrected chi connectivity index (χ0v) is 33.9. The molecule has 10 rings (SSSR count). The van der Waals surface area contributed by atoms with Gasteiger partial charge < -0.3 is 30.2 Å². The molecule has 2 amide bonds. The van der Waals surface area contributed by atoms with Crippen molar-refractivity contribution in [2.24, 2.45) is 5.92 Å². The molecule has 0 bridgehead atoms. The van der Waals surface area contributed by atoms with Gasteiger partial charge in [0.2, 0.25) is 11.8 Å². The predicted molar refractivity (Wildman–Crippen MR) is 233 cm³/mol. The molecule has 2 saturated heterocycles. The third-order valence-electron chi connectivity index (χ3n) is 12.7. The normalized spacial score (nSPS) is 24.0. The molecule has 1 spiro atoms. The van der Waals surface area contributed by atoms with Crippen LogP contribution in [-0.2, 0) is 31.1 Å². The number of hydrogen-bond acceptors (Lipinski definition) is 8. The molecule has 11 nitrogen and oxygen atoms in total. The molecule has 2 fully saturated rings. The van der Waals surface area contributed by atoms with Crippen molar-refractivity contribution in [2.75, 3.05) is 18.5 Å². The molecule has 1 aromatic heterocycles. The summed E-state index contributed by atoms with van der Waals surface area (Å²) in [6.45, 7) is -0.132. The number of benzene rings is 5. The van der Waals surface area contributed by atoms with Gasteiger partial charge >= 0.3 is 5.97 Å². The highest BCUT2D eigenvalue weighted by atomic mass is 16.6. The van der Waals surface area contributed by atoms with Crippen LogP contribution in [0, 0.1) is 17.8 Å². The number of aliphatic hydroxyl groups is 1. The fraction of sp³-hybridized carbons (Fsp3) is 0.255. The first-order valence-corrected chi connectivity index (χ1v) is 21.2. The third-order valence-corrected chi connectivity index (χ3v) is 12.7. The Labute approximate surface area is 359 Å². The van der Waals surface area contributed by atoms with Crippen molar-refractivity contribution in [3.8, 4) is 17.6 Å². The molecule has 4 aliphatic rings. The van der Waals surface area contributed by atoms with Crippen molar-refractivity contribution in [3.63, 3.8) is 0 Å². The standard InChI is InChI=1S/C51H45N5O6/c57-27-28-61-37-20-12-19-36(30-37)47-51(38-29-33(25-26-39(38)55-50(51)60)24-23-32-13-4-1-5-14-32)43(48(58)52-31-42-53-40-21-10-11-22-41(40)54-42)45-49(59)62-46(35-17-8-3-9-18-35)44(56(45)47)34-15-6-2-7-16-34/h2-3,6-13,15-22,25-26,29-30,43-47,57H,1,4-5,14,27-28,31H2,(H,52,58)(H,53,54)(H,55,60)/t43-,44-,45-,46+,47+,51-/m1/s1. The minimum atomic E-state index is -1.70. The minimum absolute atomic E-state index is 0.0148. The van der Waals surface area contributed by atoms with Crippen LogP contribution >= 0.6 is 0 Å².